The van der Waals surface area contributed by atoms with E-state index in [-0.39, 0.29) is 25.7 Å². The average Bonchev–Trinajstić information content (AvgIpc) is 3.67. The van der Waals surface area contributed by atoms with Gasteiger partial charge in [0.1, 0.15) is 19.3 Å². The molecule has 17 nitrogen and oxygen atoms in total. The second-order valence-corrected chi connectivity index (χ2v) is 30.2. The Morgan fingerprint density at radius 1 is 0.311 bits per heavy atom. The summed E-state index contributed by atoms with van der Waals surface area (Å²) in [4.78, 5) is 72.5. The monoisotopic (exact) mass is 1320 g/mol. The molecule has 0 bridgehead atoms. The summed E-state index contributed by atoms with van der Waals surface area (Å²) in [5, 5.41) is 10.6. The average molecular weight is 1330 g/mol. The highest BCUT2D eigenvalue weighted by molar-refractivity contribution is 7.47. The fourth-order valence-electron chi connectivity index (χ4n) is 10.6. The van der Waals surface area contributed by atoms with Crippen molar-refractivity contribution < 1.29 is 80.2 Å². The second-order valence-electron chi connectivity index (χ2n) is 27.3. The number of hydrogen-bond acceptors (Lipinski definition) is 15. The van der Waals surface area contributed by atoms with Crippen molar-refractivity contribution >= 4 is 39.5 Å². The van der Waals surface area contributed by atoms with Crippen LogP contribution < -0.4 is 0 Å². The zero-order valence-electron chi connectivity index (χ0n) is 58.8. The Morgan fingerprint density at radius 3 is 0.789 bits per heavy atom. The van der Waals surface area contributed by atoms with Crippen LogP contribution in [0.2, 0.25) is 0 Å². The van der Waals surface area contributed by atoms with E-state index in [1.54, 1.807) is 0 Å². The molecule has 0 aromatic rings. The SMILES string of the molecule is CCC(C)CCCCCCCCCCC(=O)OC[C@H](COP(=O)(O)OC[C@@H](O)COP(=O)(O)OC[C@@H](COC(=O)CCCCCCCCC(C)C)OC(=O)CCCCCCCCCCCCCCCCC(C)C)OC(=O)CCCCCCCCCCCC(C)C. The first kappa shape index (κ1) is 88.1. The number of ether oxygens (including phenoxy) is 4. The first-order chi connectivity index (χ1) is 43.1. The van der Waals surface area contributed by atoms with Crippen molar-refractivity contribution in [1.82, 2.24) is 0 Å². The molecule has 0 amide bonds. The van der Waals surface area contributed by atoms with Crippen LogP contribution in [-0.4, -0.2) is 96.7 Å². The molecule has 0 heterocycles. The van der Waals surface area contributed by atoms with Gasteiger partial charge in [-0.05, 0) is 49.4 Å². The summed E-state index contributed by atoms with van der Waals surface area (Å²) >= 11 is 0. The van der Waals surface area contributed by atoms with Crippen molar-refractivity contribution in [3.63, 3.8) is 0 Å². The molecule has 0 fully saturated rings. The van der Waals surface area contributed by atoms with E-state index in [0.29, 0.717) is 31.6 Å². The zero-order valence-corrected chi connectivity index (χ0v) is 60.6. The number of aliphatic hydroxyl groups is 1. The summed E-state index contributed by atoms with van der Waals surface area (Å²) in [5.41, 5.74) is 0. The van der Waals surface area contributed by atoms with Gasteiger partial charge in [0.2, 0.25) is 0 Å². The van der Waals surface area contributed by atoms with Crippen LogP contribution in [0.1, 0.15) is 351 Å². The molecule has 0 saturated heterocycles. The molecule has 0 aliphatic rings. The van der Waals surface area contributed by atoms with E-state index < -0.39 is 97.5 Å². The van der Waals surface area contributed by atoms with Gasteiger partial charge in [0, 0.05) is 25.7 Å². The van der Waals surface area contributed by atoms with Gasteiger partial charge in [-0.25, -0.2) is 9.13 Å². The number of phosphoric ester groups is 2. The first-order valence-corrected chi connectivity index (χ1v) is 39.7. The van der Waals surface area contributed by atoms with Gasteiger partial charge in [0.05, 0.1) is 26.4 Å². The summed E-state index contributed by atoms with van der Waals surface area (Å²) in [6.07, 6.45) is 43.2. The minimum Gasteiger partial charge on any atom is -0.462 e. The number of rotatable bonds is 68. The van der Waals surface area contributed by atoms with Crippen molar-refractivity contribution in [1.29, 1.82) is 0 Å². The highest BCUT2D eigenvalue weighted by Gasteiger charge is 2.30. The van der Waals surface area contributed by atoms with E-state index in [4.69, 9.17) is 37.0 Å². The number of phosphoric acid groups is 2. The summed E-state index contributed by atoms with van der Waals surface area (Å²) in [6, 6.07) is 0. The van der Waals surface area contributed by atoms with Crippen LogP contribution in [0.4, 0.5) is 0 Å². The smallest absolute Gasteiger partial charge is 0.462 e. The Labute approximate surface area is 549 Å². The first-order valence-electron chi connectivity index (χ1n) is 36.7. The number of carbonyl (C=O) groups is 4. The van der Waals surface area contributed by atoms with Crippen molar-refractivity contribution in [3.8, 4) is 0 Å². The maximum atomic E-state index is 13.0. The molecule has 0 radical (unpaired) electrons. The molecule has 90 heavy (non-hydrogen) atoms. The lowest BCUT2D eigenvalue weighted by atomic mass is 9.99. The van der Waals surface area contributed by atoms with E-state index in [1.165, 1.54) is 148 Å². The van der Waals surface area contributed by atoms with Crippen LogP contribution in [0.3, 0.4) is 0 Å². The molecule has 6 atom stereocenters. The maximum absolute atomic E-state index is 13.0. The second kappa shape index (κ2) is 60.7. The Morgan fingerprint density at radius 2 is 0.533 bits per heavy atom. The standard InChI is InChI=1S/C71H138O17P2/c1-9-64(8)50-42-34-25-21-22-26-35-43-51-68(73)81-57-66(87-71(76)54-46-38-28-20-16-18-24-32-40-48-62(4)5)59-85-89(77,78)83-55-65(72)56-84-90(79,80)86-60-67(58-82-69(74)52-44-36-30-29-33-41-49-63(6)7)88-70(75)53-45-37-27-19-15-13-11-10-12-14-17-23-31-39-47-61(2)3/h61-67,72H,9-60H2,1-8H3,(H,77,78)(H,79,80)/t64?,65-,66-,67-/m1/s1. The number of unbranched alkanes of at least 4 members (excludes halogenated alkanes) is 33. The van der Waals surface area contributed by atoms with Gasteiger partial charge in [-0.2, -0.15) is 0 Å². The van der Waals surface area contributed by atoms with Crippen molar-refractivity contribution in [2.75, 3.05) is 39.6 Å². The van der Waals surface area contributed by atoms with E-state index >= 15 is 0 Å². The molecule has 0 aliphatic heterocycles. The van der Waals surface area contributed by atoms with Crippen LogP contribution in [0.25, 0.3) is 0 Å². The number of aliphatic hydroxyl groups excluding tert-OH is 1. The highest BCUT2D eigenvalue weighted by Crippen LogP contribution is 2.45. The summed E-state index contributed by atoms with van der Waals surface area (Å²) in [5.74, 6) is 0.858. The molecule has 534 valence electrons. The lowest BCUT2D eigenvalue weighted by Crippen LogP contribution is -2.30. The van der Waals surface area contributed by atoms with Gasteiger partial charge in [0.15, 0.2) is 12.2 Å². The van der Waals surface area contributed by atoms with Crippen LogP contribution in [0.5, 0.6) is 0 Å². The number of esters is 4. The van der Waals surface area contributed by atoms with Crippen LogP contribution in [0, 0.1) is 23.7 Å². The Bertz CT molecular complexity index is 1780. The summed E-state index contributed by atoms with van der Waals surface area (Å²) < 4.78 is 68.3. The fraction of sp³-hybridized carbons (Fsp3) is 0.944. The van der Waals surface area contributed by atoms with E-state index in [1.807, 2.05) is 0 Å². The van der Waals surface area contributed by atoms with Gasteiger partial charge < -0.3 is 33.8 Å². The molecule has 3 unspecified atom stereocenters. The third kappa shape index (κ3) is 63.5. The van der Waals surface area contributed by atoms with E-state index in [0.717, 1.165) is 114 Å². The van der Waals surface area contributed by atoms with Crippen LogP contribution in [-0.2, 0) is 65.4 Å². The summed E-state index contributed by atoms with van der Waals surface area (Å²) in [7, 11) is -9.90. The lowest BCUT2D eigenvalue weighted by Gasteiger charge is -2.21. The normalized spacial score (nSPS) is 14.6. The van der Waals surface area contributed by atoms with Crippen LogP contribution >= 0.6 is 15.6 Å². The highest BCUT2D eigenvalue weighted by atomic mass is 31.2. The predicted octanol–water partition coefficient (Wildman–Crippen LogP) is 20.1. The molecule has 3 N–H and O–H groups in total. The number of carbonyl (C=O) groups excluding carboxylic acids is 4. The van der Waals surface area contributed by atoms with Gasteiger partial charge in [0.25, 0.3) is 0 Å². The van der Waals surface area contributed by atoms with Gasteiger partial charge in [-0.1, -0.05) is 299 Å². The molecule has 0 aliphatic carbocycles. The third-order valence-corrected chi connectivity index (χ3v) is 18.6. The van der Waals surface area contributed by atoms with E-state index in [2.05, 4.69) is 55.4 Å². The minimum absolute atomic E-state index is 0.104. The predicted molar refractivity (Wildman–Crippen MR) is 363 cm³/mol. The Kier molecular flexibility index (Phi) is 59.4. The van der Waals surface area contributed by atoms with Crippen molar-refractivity contribution in [2.24, 2.45) is 23.7 Å². The lowest BCUT2D eigenvalue weighted by molar-refractivity contribution is -0.161. The maximum Gasteiger partial charge on any atom is 0.472 e. The zero-order chi connectivity index (χ0) is 66.8. The van der Waals surface area contributed by atoms with E-state index in [9.17, 15) is 43.2 Å². The Balaban J connectivity index is 5.23. The van der Waals surface area contributed by atoms with Gasteiger partial charge >= 0.3 is 39.5 Å². The largest absolute Gasteiger partial charge is 0.472 e. The Hall–Kier alpha value is -1.94. The molecule has 19 heteroatoms. The summed E-state index contributed by atoms with van der Waals surface area (Å²) in [6.45, 7) is 14.1. The van der Waals surface area contributed by atoms with Gasteiger partial charge in [-0.3, -0.25) is 37.3 Å². The quantitative estimate of drug-likeness (QED) is 0.0222. The van der Waals surface area contributed by atoms with Crippen LogP contribution in [0.15, 0.2) is 0 Å². The molecule has 0 aromatic carbocycles. The molecule has 0 saturated carbocycles. The number of hydrogen-bond donors (Lipinski definition) is 3. The fourth-order valence-corrected chi connectivity index (χ4v) is 12.2. The molecular formula is C71H138O17P2. The van der Waals surface area contributed by atoms with Crippen molar-refractivity contribution in [3.05, 3.63) is 0 Å². The molecule has 0 rings (SSSR count). The van der Waals surface area contributed by atoms with Gasteiger partial charge in [-0.15, -0.1) is 0 Å². The minimum atomic E-state index is -4.95. The third-order valence-electron chi connectivity index (χ3n) is 16.7. The van der Waals surface area contributed by atoms with Crippen molar-refractivity contribution in [2.45, 2.75) is 369 Å². The topological polar surface area (TPSA) is 237 Å². The molecule has 0 spiro atoms. The molecule has 0 aromatic heterocycles. The molecular weight excluding hydrogens is 1190 g/mol.